The summed E-state index contributed by atoms with van der Waals surface area (Å²) < 4.78 is 14.7. The van der Waals surface area contributed by atoms with Gasteiger partial charge < -0.3 is 19.5 Å². The summed E-state index contributed by atoms with van der Waals surface area (Å²) in [5.41, 5.74) is 0.336. The highest BCUT2D eigenvalue weighted by molar-refractivity contribution is 5.86. The lowest BCUT2D eigenvalue weighted by molar-refractivity contribution is -0.150. The van der Waals surface area contributed by atoms with Gasteiger partial charge in [-0.2, -0.15) is 0 Å². The van der Waals surface area contributed by atoms with Gasteiger partial charge in [0.1, 0.15) is 19.8 Å². The fourth-order valence-electron chi connectivity index (χ4n) is 1.89. The predicted octanol–water partition coefficient (Wildman–Crippen LogP) is 2.45. The van der Waals surface area contributed by atoms with Gasteiger partial charge in [0.25, 0.3) is 0 Å². The molecule has 0 radical (unpaired) electrons. The first kappa shape index (κ1) is 21.9. The lowest BCUT2D eigenvalue weighted by Gasteiger charge is -2.22. The fraction of sp³-hybridized carbons (Fsp3) is 0.706. The number of carbonyl (C=O) groups excluding carboxylic acids is 3. The first-order chi connectivity index (χ1) is 11.0. The van der Waals surface area contributed by atoms with Gasteiger partial charge in [-0.05, 0) is 18.8 Å². The molecule has 0 bridgehead atoms. The van der Waals surface area contributed by atoms with Crippen LogP contribution >= 0.6 is 0 Å². The van der Waals surface area contributed by atoms with Crippen molar-refractivity contribution in [2.24, 2.45) is 11.3 Å². The second kappa shape index (κ2) is 10.7. The molecular weight excluding hydrogens is 314 g/mol. The van der Waals surface area contributed by atoms with E-state index in [0.717, 1.165) is 6.42 Å². The molecule has 0 saturated carbocycles. The summed E-state index contributed by atoms with van der Waals surface area (Å²) in [5, 5.41) is 2.41. The van der Waals surface area contributed by atoms with Crippen LogP contribution in [0, 0.1) is 11.3 Å². The van der Waals surface area contributed by atoms with Gasteiger partial charge in [-0.3, -0.25) is 4.79 Å². The number of carbonyl (C=O) groups is 3. The molecule has 1 N–H and O–H groups in total. The molecule has 0 aromatic rings. The molecular formula is C17H29NO6. The van der Waals surface area contributed by atoms with Gasteiger partial charge in [-0.25, -0.2) is 9.59 Å². The highest BCUT2D eigenvalue weighted by Crippen LogP contribution is 2.24. The Labute approximate surface area is 143 Å². The molecule has 1 atom stereocenters. The van der Waals surface area contributed by atoms with Crippen LogP contribution in [0.15, 0.2) is 12.2 Å². The zero-order chi connectivity index (χ0) is 18.8. The predicted molar refractivity (Wildman–Crippen MR) is 89.3 cm³/mol. The smallest absolute Gasteiger partial charge is 0.407 e. The fourth-order valence-corrected chi connectivity index (χ4v) is 1.89. The molecule has 0 aliphatic carbocycles. The van der Waals surface area contributed by atoms with E-state index in [1.807, 2.05) is 6.92 Å². The Bertz CT molecular complexity index is 452. The highest BCUT2D eigenvalue weighted by Gasteiger charge is 2.21. The van der Waals surface area contributed by atoms with Crippen molar-refractivity contribution in [3.8, 4) is 0 Å². The number of hydrogen-bond donors (Lipinski definition) is 1. The number of rotatable bonds is 9. The zero-order valence-electron chi connectivity index (χ0n) is 15.3. The second-order valence-electron chi connectivity index (χ2n) is 6.81. The molecule has 0 aromatic heterocycles. The summed E-state index contributed by atoms with van der Waals surface area (Å²) in [6.07, 6.45) is 0.0518. The number of nitrogens with one attached hydrogen (secondary N) is 1. The zero-order valence-corrected chi connectivity index (χ0v) is 15.3. The van der Waals surface area contributed by atoms with Crippen molar-refractivity contribution in [1.82, 2.24) is 5.32 Å². The van der Waals surface area contributed by atoms with Crippen molar-refractivity contribution in [2.45, 2.75) is 41.0 Å². The molecule has 0 aliphatic rings. The van der Waals surface area contributed by atoms with Gasteiger partial charge in [0.05, 0.1) is 12.5 Å². The van der Waals surface area contributed by atoms with Crippen molar-refractivity contribution in [1.29, 1.82) is 0 Å². The summed E-state index contributed by atoms with van der Waals surface area (Å²) in [6.45, 7) is 13.1. The Morgan fingerprint density at radius 2 is 1.62 bits per heavy atom. The summed E-state index contributed by atoms with van der Waals surface area (Å²) in [6, 6.07) is 0. The van der Waals surface area contributed by atoms with Crippen molar-refractivity contribution >= 4 is 18.0 Å². The highest BCUT2D eigenvalue weighted by atomic mass is 16.6. The Morgan fingerprint density at radius 1 is 1.04 bits per heavy atom. The standard InChI is InChI=1S/C17H29NO6/c1-12(2)14(19)22-8-7-18-16(21)24-10-9-23-15(20)13(3)11-17(4,5)6/h13H,1,7-11H2,2-6H3,(H,18,21). The van der Waals surface area contributed by atoms with Crippen molar-refractivity contribution in [3.05, 3.63) is 12.2 Å². The third-order valence-electron chi connectivity index (χ3n) is 2.83. The molecule has 24 heavy (non-hydrogen) atoms. The lowest BCUT2D eigenvalue weighted by Crippen LogP contribution is -2.30. The minimum Gasteiger partial charge on any atom is -0.462 e. The average molecular weight is 343 g/mol. The van der Waals surface area contributed by atoms with Gasteiger partial charge in [0.15, 0.2) is 0 Å². The number of esters is 2. The van der Waals surface area contributed by atoms with Crippen molar-refractivity contribution in [3.63, 3.8) is 0 Å². The first-order valence-electron chi connectivity index (χ1n) is 7.93. The molecule has 0 saturated heterocycles. The van der Waals surface area contributed by atoms with Crippen molar-refractivity contribution < 1.29 is 28.6 Å². The monoisotopic (exact) mass is 343 g/mol. The van der Waals surface area contributed by atoms with Crippen LogP contribution in [0.3, 0.4) is 0 Å². The first-order valence-corrected chi connectivity index (χ1v) is 7.93. The van der Waals surface area contributed by atoms with Crippen LogP contribution < -0.4 is 5.32 Å². The van der Waals surface area contributed by atoms with E-state index < -0.39 is 12.1 Å². The van der Waals surface area contributed by atoms with Crippen LogP contribution in [0.5, 0.6) is 0 Å². The summed E-state index contributed by atoms with van der Waals surface area (Å²) in [5.74, 6) is -1.02. The van der Waals surface area contributed by atoms with E-state index in [9.17, 15) is 14.4 Å². The van der Waals surface area contributed by atoms with E-state index >= 15 is 0 Å². The molecule has 0 heterocycles. The molecule has 0 spiro atoms. The van der Waals surface area contributed by atoms with Crippen LogP contribution in [0.25, 0.3) is 0 Å². The Balaban J connectivity index is 3.73. The van der Waals surface area contributed by atoms with E-state index in [2.05, 4.69) is 32.7 Å². The minimum absolute atomic E-state index is 0.00534. The van der Waals surface area contributed by atoms with Gasteiger partial charge in [-0.1, -0.05) is 34.3 Å². The molecule has 1 unspecified atom stereocenters. The normalized spacial score (nSPS) is 12.0. The third kappa shape index (κ3) is 11.5. The average Bonchev–Trinajstić information content (AvgIpc) is 2.45. The van der Waals surface area contributed by atoms with E-state index in [-0.39, 0.29) is 43.7 Å². The number of amides is 1. The van der Waals surface area contributed by atoms with E-state index in [4.69, 9.17) is 14.2 Å². The van der Waals surface area contributed by atoms with Crippen LogP contribution in [-0.2, 0) is 23.8 Å². The van der Waals surface area contributed by atoms with E-state index in [0.29, 0.717) is 5.57 Å². The topological polar surface area (TPSA) is 90.9 Å². The molecule has 0 rings (SSSR count). The van der Waals surface area contributed by atoms with Gasteiger partial charge in [0, 0.05) is 5.57 Å². The maximum atomic E-state index is 11.8. The summed E-state index contributed by atoms with van der Waals surface area (Å²) in [7, 11) is 0. The molecule has 138 valence electrons. The van der Waals surface area contributed by atoms with Gasteiger partial charge in [0.2, 0.25) is 0 Å². The quantitative estimate of drug-likeness (QED) is 0.299. The van der Waals surface area contributed by atoms with E-state index in [1.165, 1.54) is 6.92 Å². The molecule has 0 aromatic carbocycles. The number of alkyl carbamates (subject to hydrolysis) is 1. The summed E-state index contributed by atoms with van der Waals surface area (Å²) in [4.78, 5) is 34.2. The number of ether oxygens (including phenoxy) is 3. The molecule has 0 aliphatic heterocycles. The maximum Gasteiger partial charge on any atom is 0.407 e. The Hall–Kier alpha value is -2.05. The minimum atomic E-state index is -0.667. The molecule has 0 fully saturated rings. The molecule has 1 amide bonds. The van der Waals surface area contributed by atoms with Crippen LogP contribution in [-0.4, -0.2) is 44.4 Å². The van der Waals surface area contributed by atoms with Gasteiger partial charge in [-0.15, -0.1) is 0 Å². The second-order valence-corrected chi connectivity index (χ2v) is 6.81. The Kier molecular flexibility index (Phi) is 9.76. The molecule has 7 heteroatoms. The SMILES string of the molecule is C=C(C)C(=O)OCCNC(=O)OCCOC(=O)C(C)CC(C)(C)C. The van der Waals surface area contributed by atoms with Crippen LogP contribution in [0.4, 0.5) is 4.79 Å². The lowest BCUT2D eigenvalue weighted by atomic mass is 9.85. The van der Waals surface area contributed by atoms with Crippen LogP contribution in [0.2, 0.25) is 0 Å². The maximum absolute atomic E-state index is 11.8. The van der Waals surface area contributed by atoms with Crippen LogP contribution in [0.1, 0.15) is 41.0 Å². The Morgan fingerprint density at radius 3 is 2.17 bits per heavy atom. The van der Waals surface area contributed by atoms with E-state index in [1.54, 1.807) is 0 Å². The van der Waals surface area contributed by atoms with Gasteiger partial charge >= 0.3 is 18.0 Å². The molecule has 7 nitrogen and oxygen atoms in total. The summed E-state index contributed by atoms with van der Waals surface area (Å²) >= 11 is 0. The third-order valence-corrected chi connectivity index (χ3v) is 2.83. The van der Waals surface area contributed by atoms with Crippen molar-refractivity contribution in [2.75, 3.05) is 26.4 Å². The largest absolute Gasteiger partial charge is 0.462 e. The number of hydrogen-bond acceptors (Lipinski definition) is 6.